The van der Waals surface area contributed by atoms with Crippen LogP contribution in [0.5, 0.6) is 0 Å². The zero-order valence-electron chi connectivity index (χ0n) is 10.5. The number of amides is 1. The Balaban J connectivity index is 2.23. The number of halogens is 3. The molecule has 1 aromatic carbocycles. The number of thiophene rings is 1. The van der Waals surface area contributed by atoms with Crippen LogP contribution in [0.3, 0.4) is 0 Å². The van der Waals surface area contributed by atoms with Gasteiger partial charge in [-0.15, -0.1) is 11.3 Å². The van der Waals surface area contributed by atoms with Crippen molar-refractivity contribution in [3.8, 4) is 11.8 Å². The maximum absolute atomic E-state index is 12.1. The summed E-state index contributed by atoms with van der Waals surface area (Å²) in [6, 6.07) is 6.52. The van der Waals surface area contributed by atoms with E-state index in [9.17, 15) is 4.79 Å². The van der Waals surface area contributed by atoms with Crippen molar-refractivity contribution in [3.63, 3.8) is 0 Å². The van der Waals surface area contributed by atoms with Gasteiger partial charge in [-0.1, -0.05) is 46.6 Å². The zero-order chi connectivity index (χ0) is 15.4. The van der Waals surface area contributed by atoms with E-state index in [4.69, 9.17) is 40.5 Å². The van der Waals surface area contributed by atoms with Crippen molar-refractivity contribution in [1.82, 2.24) is 0 Å². The van der Waals surface area contributed by atoms with E-state index in [1.807, 2.05) is 0 Å². The fourth-order valence-electron chi connectivity index (χ4n) is 1.54. The Labute approximate surface area is 141 Å². The highest BCUT2D eigenvalue weighted by molar-refractivity contribution is 7.20. The molecule has 0 spiro atoms. The first kappa shape index (κ1) is 16.2. The summed E-state index contributed by atoms with van der Waals surface area (Å²) in [5.41, 5.74) is 6.81. The molecule has 0 aliphatic heterocycles. The van der Waals surface area contributed by atoms with Crippen molar-refractivity contribution in [2.24, 2.45) is 5.73 Å². The second kappa shape index (κ2) is 7.17. The van der Waals surface area contributed by atoms with Crippen molar-refractivity contribution >= 4 is 57.7 Å². The average Bonchev–Trinajstić information content (AvgIpc) is 2.78. The van der Waals surface area contributed by atoms with Crippen LogP contribution in [0.4, 0.5) is 5.69 Å². The zero-order valence-corrected chi connectivity index (χ0v) is 13.6. The van der Waals surface area contributed by atoms with Crippen LogP contribution in [0.25, 0.3) is 0 Å². The number of nitrogens with two attached hydrogens (primary N) is 1. The maximum atomic E-state index is 12.1. The van der Waals surface area contributed by atoms with E-state index < -0.39 is 0 Å². The van der Waals surface area contributed by atoms with Gasteiger partial charge in [0.2, 0.25) is 0 Å². The van der Waals surface area contributed by atoms with Gasteiger partial charge < -0.3 is 11.1 Å². The summed E-state index contributed by atoms with van der Waals surface area (Å²) >= 11 is 18.9. The Morgan fingerprint density at radius 2 is 2.05 bits per heavy atom. The monoisotopic (exact) mass is 358 g/mol. The molecule has 7 heteroatoms. The fraction of sp³-hybridized carbons (Fsp3) is 0.0714. The molecule has 0 aliphatic carbocycles. The van der Waals surface area contributed by atoms with Gasteiger partial charge in [0.1, 0.15) is 4.34 Å². The van der Waals surface area contributed by atoms with E-state index in [-0.39, 0.29) is 12.5 Å². The second-order valence-electron chi connectivity index (χ2n) is 3.89. The summed E-state index contributed by atoms with van der Waals surface area (Å²) in [5.74, 6) is 5.21. The first-order valence-electron chi connectivity index (χ1n) is 5.76. The number of hydrogen-bond acceptors (Lipinski definition) is 3. The lowest BCUT2D eigenvalue weighted by Gasteiger charge is -2.06. The molecule has 0 bridgehead atoms. The molecule has 1 heterocycles. The highest BCUT2D eigenvalue weighted by Gasteiger charge is 2.14. The molecule has 3 N–H and O–H groups in total. The second-order valence-corrected chi connectivity index (χ2v) is 6.59. The molecule has 0 atom stereocenters. The van der Waals surface area contributed by atoms with Crippen molar-refractivity contribution in [2.45, 2.75) is 0 Å². The van der Waals surface area contributed by atoms with Gasteiger partial charge in [-0.3, -0.25) is 4.79 Å². The van der Waals surface area contributed by atoms with Crippen LogP contribution < -0.4 is 11.1 Å². The third-order valence-corrected chi connectivity index (χ3v) is 4.27. The van der Waals surface area contributed by atoms with Gasteiger partial charge in [0, 0.05) is 11.3 Å². The molecule has 1 aromatic heterocycles. The first-order chi connectivity index (χ1) is 10.0. The van der Waals surface area contributed by atoms with Gasteiger partial charge in [-0.05, 0) is 24.3 Å². The SMILES string of the molecule is NCC#Cc1cc(NC(=O)c2cc(Cl)sc2Cl)ccc1Cl. The molecule has 0 aliphatic rings. The number of anilines is 1. The average molecular weight is 360 g/mol. The van der Waals surface area contributed by atoms with Crippen molar-refractivity contribution in [1.29, 1.82) is 0 Å². The van der Waals surface area contributed by atoms with Gasteiger partial charge >= 0.3 is 0 Å². The number of benzene rings is 1. The van der Waals surface area contributed by atoms with Crippen LogP contribution in [0.15, 0.2) is 24.3 Å². The standard InChI is InChI=1S/C14H9Cl3N2OS/c15-11-4-3-9(6-8(11)2-1-5-18)19-14(20)10-7-12(16)21-13(10)17/h3-4,6-7H,5,18H2,(H,19,20). The van der Waals surface area contributed by atoms with Crippen molar-refractivity contribution in [2.75, 3.05) is 11.9 Å². The van der Waals surface area contributed by atoms with Crippen LogP contribution in [0.2, 0.25) is 13.7 Å². The maximum Gasteiger partial charge on any atom is 0.258 e. The summed E-state index contributed by atoms with van der Waals surface area (Å²) < 4.78 is 0.797. The Morgan fingerprint density at radius 3 is 2.67 bits per heavy atom. The molecule has 21 heavy (non-hydrogen) atoms. The van der Waals surface area contributed by atoms with Crippen LogP contribution in [0.1, 0.15) is 15.9 Å². The molecule has 3 nitrogen and oxygen atoms in total. The number of rotatable bonds is 2. The summed E-state index contributed by atoms with van der Waals surface area (Å²) in [4.78, 5) is 12.1. The summed E-state index contributed by atoms with van der Waals surface area (Å²) in [5, 5.41) is 3.21. The molecule has 1 amide bonds. The quantitative estimate of drug-likeness (QED) is 0.787. The summed E-state index contributed by atoms with van der Waals surface area (Å²) in [6.45, 7) is 0.232. The fourth-order valence-corrected chi connectivity index (χ4v) is 3.16. The normalized spacial score (nSPS) is 9.90. The molecular weight excluding hydrogens is 351 g/mol. The largest absolute Gasteiger partial charge is 0.322 e. The van der Waals surface area contributed by atoms with Crippen molar-refractivity contribution < 1.29 is 4.79 Å². The molecule has 0 saturated heterocycles. The summed E-state index contributed by atoms with van der Waals surface area (Å²) in [7, 11) is 0. The number of carbonyl (C=O) groups is 1. The van der Waals surface area contributed by atoms with E-state index in [1.165, 1.54) is 6.07 Å². The number of nitrogens with one attached hydrogen (secondary N) is 1. The predicted molar refractivity (Wildman–Crippen MR) is 89.7 cm³/mol. The molecule has 2 rings (SSSR count). The molecule has 0 saturated carbocycles. The lowest BCUT2D eigenvalue weighted by molar-refractivity contribution is 0.102. The number of hydrogen-bond donors (Lipinski definition) is 2. The Hall–Kier alpha value is -1.22. The third kappa shape index (κ3) is 4.13. The Kier molecular flexibility index (Phi) is 5.51. The predicted octanol–water partition coefficient (Wildman–Crippen LogP) is 4.27. The molecule has 0 radical (unpaired) electrons. The molecule has 2 aromatic rings. The minimum absolute atomic E-state index is 0.232. The van der Waals surface area contributed by atoms with E-state index in [1.54, 1.807) is 18.2 Å². The highest BCUT2D eigenvalue weighted by Crippen LogP contribution is 2.31. The van der Waals surface area contributed by atoms with Gasteiger partial charge in [-0.25, -0.2) is 0 Å². The molecule has 0 unspecified atom stereocenters. The van der Waals surface area contributed by atoms with E-state index in [0.29, 0.717) is 30.5 Å². The number of carbonyl (C=O) groups excluding carboxylic acids is 1. The molecule has 108 valence electrons. The highest BCUT2D eigenvalue weighted by atomic mass is 35.5. The minimum atomic E-state index is -0.344. The first-order valence-corrected chi connectivity index (χ1v) is 7.71. The molecule has 0 fully saturated rings. The lowest BCUT2D eigenvalue weighted by atomic mass is 10.2. The smallest absolute Gasteiger partial charge is 0.258 e. The molecular formula is C14H9Cl3N2OS. The van der Waals surface area contributed by atoms with Gasteiger partial charge in [-0.2, -0.15) is 0 Å². The van der Waals surface area contributed by atoms with Crippen molar-refractivity contribution in [3.05, 3.63) is 49.1 Å². The summed E-state index contributed by atoms with van der Waals surface area (Å²) in [6.07, 6.45) is 0. The van der Waals surface area contributed by atoms with Gasteiger partial charge in [0.25, 0.3) is 5.91 Å². The van der Waals surface area contributed by atoms with Crippen LogP contribution in [-0.2, 0) is 0 Å². The Bertz CT molecular complexity index is 746. The van der Waals surface area contributed by atoms with E-state index >= 15 is 0 Å². The van der Waals surface area contributed by atoms with Crippen LogP contribution in [0, 0.1) is 11.8 Å². The van der Waals surface area contributed by atoms with E-state index in [2.05, 4.69) is 17.2 Å². The Morgan fingerprint density at radius 1 is 1.29 bits per heavy atom. The van der Waals surface area contributed by atoms with Gasteiger partial charge in [0.05, 0.1) is 21.5 Å². The topological polar surface area (TPSA) is 55.1 Å². The van der Waals surface area contributed by atoms with Crippen LogP contribution >= 0.6 is 46.1 Å². The van der Waals surface area contributed by atoms with Gasteiger partial charge in [0.15, 0.2) is 0 Å². The van der Waals surface area contributed by atoms with E-state index in [0.717, 1.165) is 11.3 Å². The lowest BCUT2D eigenvalue weighted by Crippen LogP contribution is -2.11. The van der Waals surface area contributed by atoms with Crippen LogP contribution in [-0.4, -0.2) is 12.5 Å². The third-order valence-electron chi connectivity index (χ3n) is 2.45. The minimum Gasteiger partial charge on any atom is -0.322 e.